The number of nitrogens with zero attached hydrogens (tertiary/aromatic N) is 1. The van der Waals surface area contributed by atoms with Gasteiger partial charge < -0.3 is 5.11 Å². The largest absolute Gasteiger partial charge is 0.512 e. The van der Waals surface area contributed by atoms with Crippen LogP contribution in [-0.2, 0) is 0 Å². The topological polar surface area (TPSA) is 50.2 Å². The number of rotatable bonds is 2. The molecule has 0 bridgehead atoms. The van der Waals surface area contributed by atoms with Gasteiger partial charge in [-0.3, -0.25) is 9.78 Å². The molecule has 0 saturated heterocycles. The Morgan fingerprint density at radius 1 is 1.62 bits per heavy atom. The zero-order chi connectivity index (χ0) is 9.84. The van der Waals surface area contributed by atoms with Crippen molar-refractivity contribution in [3.05, 3.63) is 41.4 Å². The van der Waals surface area contributed by atoms with Crippen molar-refractivity contribution in [2.45, 2.75) is 13.8 Å². The molecular formula is C10H11NO2. The van der Waals surface area contributed by atoms with Crippen molar-refractivity contribution in [1.29, 1.82) is 0 Å². The Morgan fingerprint density at radius 2 is 2.31 bits per heavy atom. The molecule has 68 valence electrons. The summed E-state index contributed by atoms with van der Waals surface area (Å²) in [5.41, 5.74) is 1.20. The maximum Gasteiger partial charge on any atom is 0.190 e. The molecule has 13 heavy (non-hydrogen) atoms. The number of aromatic nitrogens is 1. The van der Waals surface area contributed by atoms with Gasteiger partial charge in [0.1, 0.15) is 0 Å². The SMILES string of the molecule is C/C(O)=C\C(=O)c1cccnc1C. The summed E-state index contributed by atoms with van der Waals surface area (Å²) in [5.74, 6) is -0.209. The summed E-state index contributed by atoms with van der Waals surface area (Å²) >= 11 is 0. The van der Waals surface area contributed by atoms with Crippen molar-refractivity contribution in [1.82, 2.24) is 4.98 Å². The predicted octanol–water partition coefficient (Wildman–Crippen LogP) is 2.03. The fourth-order valence-electron chi connectivity index (χ4n) is 1.01. The number of carbonyl (C=O) groups excluding carboxylic acids is 1. The highest BCUT2D eigenvalue weighted by molar-refractivity contribution is 6.05. The zero-order valence-corrected chi connectivity index (χ0v) is 7.61. The Labute approximate surface area is 76.7 Å². The highest BCUT2D eigenvalue weighted by atomic mass is 16.3. The van der Waals surface area contributed by atoms with Crippen LogP contribution < -0.4 is 0 Å². The van der Waals surface area contributed by atoms with Gasteiger partial charge in [0.15, 0.2) is 5.78 Å². The summed E-state index contributed by atoms with van der Waals surface area (Å²) in [5, 5.41) is 8.89. The lowest BCUT2D eigenvalue weighted by atomic mass is 10.1. The molecule has 0 radical (unpaired) electrons. The number of pyridine rings is 1. The Hall–Kier alpha value is -1.64. The van der Waals surface area contributed by atoms with E-state index in [1.807, 2.05) is 0 Å². The van der Waals surface area contributed by atoms with E-state index in [1.165, 1.54) is 13.0 Å². The second-order valence-corrected chi connectivity index (χ2v) is 2.79. The number of hydrogen-bond acceptors (Lipinski definition) is 3. The lowest BCUT2D eigenvalue weighted by Gasteiger charge is -1.99. The minimum Gasteiger partial charge on any atom is -0.512 e. The number of aliphatic hydroxyl groups is 1. The van der Waals surface area contributed by atoms with Gasteiger partial charge in [0, 0.05) is 23.5 Å². The summed E-state index contributed by atoms with van der Waals surface area (Å²) in [6.45, 7) is 3.22. The van der Waals surface area contributed by atoms with Crippen LogP contribution in [0.1, 0.15) is 23.0 Å². The van der Waals surface area contributed by atoms with Crippen LogP contribution in [0.2, 0.25) is 0 Å². The van der Waals surface area contributed by atoms with Crippen LogP contribution in [-0.4, -0.2) is 15.9 Å². The maximum absolute atomic E-state index is 11.4. The van der Waals surface area contributed by atoms with Crippen LogP contribution in [0.25, 0.3) is 0 Å². The van der Waals surface area contributed by atoms with Gasteiger partial charge in [-0.15, -0.1) is 0 Å². The minimum absolute atomic E-state index is 0.00764. The van der Waals surface area contributed by atoms with Gasteiger partial charge in [-0.2, -0.15) is 0 Å². The molecule has 1 aromatic heterocycles. The van der Waals surface area contributed by atoms with E-state index in [4.69, 9.17) is 5.11 Å². The summed E-state index contributed by atoms with van der Waals surface area (Å²) < 4.78 is 0. The van der Waals surface area contributed by atoms with E-state index in [2.05, 4.69) is 4.98 Å². The second-order valence-electron chi connectivity index (χ2n) is 2.79. The summed E-state index contributed by atoms with van der Waals surface area (Å²) in [6.07, 6.45) is 2.81. The van der Waals surface area contributed by atoms with Gasteiger partial charge in [-0.1, -0.05) is 0 Å². The van der Waals surface area contributed by atoms with Gasteiger partial charge in [-0.25, -0.2) is 0 Å². The second kappa shape index (κ2) is 3.85. The van der Waals surface area contributed by atoms with Crippen molar-refractivity contribution in [3.63, 3.8) is 0 Å². The molecule has 1 N–H and O–H groups in total. The van der Waals surface area contributed by atoms with Gasteiger partial charge >= 0.3 is 0 Å². The van der Waals surface area contributed by atoms with E-state index in [0.29, 0.717) is 11.3 Å². The first-order chi connectivity index (χ1) is 6.11. The van der Waals surface area contributed by atoms with Gasteiger partial charge in [0.25, 0.3) is 0 Å². The number of hydrogen-bond donors (Lipinski definition) is 1. The van der Waals surface area contributed by atoms with Crippen LogP contribution in [0.3, 0.4) is 0 Å². The molecule has 0 spiro atoms. The molecule has 0 aliphatic rings. The van der Waals surface area contributed by atoms with Gasteiger partial charge in [-0.05, 0) is 26.0 Å². The Balaban J connectivity index is 3.03. The number of ketones is 1. The lowest BCUT2D eigenvalue weighted by Crippen LogP contribution is -2.00. The third kappa shape index (κ3) is 2.40. The lowest BCUT2D eigenvalue weighted by molar-refractivity contribution is 0.104. The van der Waals surface area contributed by atoms with Crippen molar-refractivity contribution >= 4 is 5.78 Å². The highest BCUT2D eigenvalue weighted by Gasteiger charge is 2.05. The minimum atomic E-state index is -0.217. The number of aryl methyl sites for hydroxylation is 1. The Morgan fingerprint density at radius 3 is 2.85 bits per heavy atom. The first-order valence-corrected chi connectivity index (χ1v) is 3.94. The fraction of sp³-hybridized carbons (Fsp3) is 0.200. The number of aliphatic hydroxyl groups excluding tert-OH is 1. The molecule has 0 aromatic carbocycles. The van der Waals surface area contributed by atoms with Crippen molar-refractivity contribution in [2.24, 2.45) is 0 Å². The summed E-state index contributed by atoms with van der Waals surface area (Å²) in [7, 11) is 0. The predicted molar refractivity (Wildman–Crippen MR) is 49.7 cm³/mol. The molecule has 1 rings (SSSR count). The van der Waals surface area contributed by atoms with E-state index >= 15 is 0 Å². The van der Waals surface area contributed by atoms with Crippen LogP contribution >= 0.6 is 0 Å². The average Bonchev–Trinajstić information content (AvgIpc) is 2.03. The Kier molecular flexibility index (Phi) is 2.80. The van der Waals surface area contributed by atoms with Crippen LogP contribution in [0.5, 0.6) is 0 Å². The first-order valence-electron chi connectivity index (χ1n) is 3.94. The molecule has 0 amide bonds. The van der Waals surface area contributed by atoms with Gasteiger partial charge in [0.05, 0.1) is 5.76 Å². The molecular weight excluding hydrogens is 166 g/mol. The molecule has 0 atom stereocenters. The van der Waals surface area contributed by atoms with Crippen LogP contribution in [0.15, 0.2) is 30.2 Å². The first kappa shape index (κ1) is 9.45. The molecule has 1 heterocycles. The summed E-state index contributed by atoms with van der Waals surface area (Å²) in [6, 6.07) is 3.38. The standard InChI is InChI=1S/C10H11NO2/c1-7(12)6-10(13)9-4-3-5-11-8(9)2/h3-6,12H,1-2H3/b7-6+. The number of allylic oxidation sites excluding steroid dienone is 2. The molecule has 0 saturated carbocycles. The van der Waals surface area contributed by atoms with E-state index < -0.39 is 0 Å². The Bertz CT molecular complexity index is 352. The van der Waals surface area contributed by atoms with Crippen LogP contribution in [0, 0.1) is 6.92 Å². The third-order valence-electron chi connectivity index (χ3n) is 1.61. The zero-order valence-electron chi connectivity index (χ0n) is 7.61. The van der Waals surface area contributed by atoms with Crippen molar-refractivity contribution in [2.75, 3.05) is 0 Å². The molecule has 3 nitrogen and oxygen atoms in total. The third-order valence-corrected chi connectivity index (χ3v) is 1.61. The molecule has 3 heteroatoms. The van der Waals surface area contributed by atoms with E-state index in [1.54, 1.807) is 25.3 Å². The average molecular weight is 177 g/mol. The quantitative estimate of drug-likeness (QED) is 0.427. The summed E-state index contributed by atoms with van der Waals surface area (Å²) in [4.78, 5) is 15.4. The smallest absolute Gasteiger partial charge is 0.190 e. The number of carbonyl (C=O) groups is 1. The normalized spacial score (nSPS) is 11.4. The van der Waals surface area contributed by atoms with Gasteiger partial charge in [0.2, 0.25) is 0 Å². The molecule has 0 unspecified atom stereocenters. The van der Waals surface area contributed by atoms with E-state index in [-0.39, 0.29) is 11.5 Å². The highest BCUT2D eigenvalue weighted by Crippen LogP contribution is 2.06. The van der Waals surface area contributed by atoms with Crippen LogP contribution in [0.4, 0.5) is 0 Å². The molecule has 0 fully saturated rings. The monoisotopic (exact) mass is 177 g/mol. The van der Waals surface area contributed by atoms with E-state index in [0.717, 1.165) is 0 Å². The van der Waals surface area contributed by atoms with Crippen molar-refractivity contribution in [3.8, 4) is 0 Å². The maximum atomic E-state index is 11.4. The van der Waals surface area contributed by atoms with Crippen molar-refractivity contribution < 1.29 is 9.90 Å². The molecule has 1 aromatic rings. The van der Waals surface area contributed by atoms with E-state index in [9.17, 15) is 4.79 Å². The molecule has 0 aliphatic heterocycles. The fourth-order valence-corrected chi connectivity index (χ4v) is 1.01. The molecule has 0 aliphatic carbocycles.